The van der Waals surface area contributed by atoms with Crippen LogP contribution >= 0.6 is 15.9 Å². The predicted molar refractivity (Wildman–Crippen MR) is 83.2 cm³/mol. The topological polar surface area (TPSA) is 42.4 Å². The summed E-state index contributed by atoms with van der Waals surface area (Å²) in [6.07, 6.45) is 2.09. The number of ether oxygens (including phenoxy) is 1. The fourth-order valence-electron chi connectivity index (χ4n) is 2.44. The molecule has 1 aromatic heterocycles. The van der Waals surface area contributed by atoms with Gasteiger partial charge in [0.1, 0.15) is 6.10 Å². The number of halogens is 3. The summed E-state index contributed by atoms with van der Waals surface area (Å²) in [5.41, 5.74) is 0.128. The minimum atomic E-state index is -1.03. The van der Waals surface area contributed by atoms with Crippen molar-refractivity contribution in [1.82, 2.24) is 9.88 Å². The SMILES string of the molecule is O=C(c1ccc(F)c(F)c1)N1CCC(Oc2ncccc2Br)C1. The number of rotatable bonds is 3. The highest BCUT2D eigenvalue weighted by Crippen LogP contribution is 2.25. The second kappa shape index (κ2) is 6.62. The first-order chi connectivity index (χ1) is 11.0. The molecule has 2 aromatic rings. The molecule has 3 rings (SSSR count). The first-order valence-corrected chi connectivity index (χ1v) is 7.85. The fraction of sp³-hybridized carbons (Fsp3) is 0.250. The maximum atomic E-state index is 13.3. The third-order valence-electron chi connectivity index (χ3n) is 3.60. The smallest absolute Gasteiger partial charge is 0.254 e. The predicted octanol–water partition coefficient (Wildman–Crippen LogP) is 3.42. The normalized spacial score (nSPS) is 17.3. The summed E-state index contributed by atoms with van der Waals surface area (Å²) in [6, 6.07) is 6.76. The van der Waals surface area contributed by atoms with Crippen LogP contribution in [0.5, 0.6) is 5.88 Å². The van der Waals surface area contributed by atoms with Crippen molar-refractivity contribution in [2.75, 3.05) is 13.1 Å². The van der Waals surface area contributed by atoms with Gasteiger partial charge in [-0.1, -0.05) is 0 Å². The Kier molecular flexibility index (Phi) is 4.56. The Labute approximate surface area is 140 Å². The largest absolute Gasteiger partial charge is 0.472 e. The summed E-state index contributed by atoms with van der Waals surface area (Å²) in [4.78, 5) is 18.0. The summed E-state index contributed by atoms with van der Waals surface area (Å²) in [7, 11) is 0. The van der Waals surface area contributed by atoms with Gasteiger partial charge >= 0.3 is 0 Å². The van der Waals surface area contributed by atoms with E-state index in [-0.39, 0.29) is 17.6 Å². The number of nitrogens with zero attached hydrogens (tertiary/aromatic N) is 2. The molecular formula is C16H13BrF2N2O2. The Bertz CT molecular complexity index is 742. The van der Waals surface area contributed by atoms with Crippen LogP contribution in [0.15, 0.2) is 41.0 Å². The molecule has 23 heavy (non-hydrogen) atoms. The van der Waals surface area contributed by atoms with Gasteiger partial charge in [0, 0.05) is 24.7 Å². The molecule has 4 nitrogen and oxygen atoms in total. The highest BCUT2D eigenvalue weighted by Gasteiger charge is 2.29. The molecule has 1 saturated heterocycles. The van der Waals surface area contributed by atoms with Gasteiger partial charge in [0.25, 0.3) is 5.91 Å². The number of pyridine rings is 1. The lowest BCUT2D eigenvalue weighted by Gasteiger charge is -2.17. The molecule has 0 aliphatic carbocycles. The van der Waals surface area contributed by atoms with Crippen LogP contribution in [0, 0.1) is 11.6 Å². The summed E-state index contributed by atoms with van der Waals surface area (Å²) in [5, 5.41) is 0. The number of likely N-dealkylation sites (tertiary alicyclic amines) is 1. The third kappa shape index (κ3) is 3.50. The van der Waals surface area contributed by atoms with E-state index in [0.717, 1.165) is 16.6 Å². The summed E-state index contributed by atoms with van der Waals surface area (Å²) < 4.78 is 32.7. The van der Waals surface area contributed by atoms with E-state index in [1.165, 1.54) is 6.07 Å². The highest BCUT2D eigenvalue weighted by molar-refractivity contribution is 9.10. The van der Waals surface area contributed by atoms with E-state index in [1.807, 2.05) is 6.07 Å². The number of hydrogen-bond acceptors (Lipinski definition) is 3. The third-order valence-corrected chi connectivity index (χ3v) is 4.21. The Hall–Kier alpha value is -2.02. The van der Waals surface area contributed by atoms with Gasteiger partial charge < -0.3 is 9.64 Å². The van der Waals surface area contributed by atoms with Gasteiger partial charge in [-0.25, -0.2) is 13.8 Å². The van der Waals surface area contributed by atoms with Gasteiger partial charge in [-0.05, 0) is 46.3 Å². The van der Waals surface area contributed by atoms with Crippen molar-refractivity contribution >= 4 is 21.8 Å². The maximum absolute atomic E-state index is 13.3. The molecule has 0 N–H and O–H groups in total. The molecule has 1 fully saturated rings. The van der Waals surface area contributed by atoms with E-state index in [9.17, 15) is 13.6 Å². The minimum absolute atomic E-state index is 0.128. The van der Waals surface area contributed by atoms with Crippen molar-refractivity contribution in [2.45, 2.75) is 12.5 Å². The van der Waals surface area contributed by atoms with Crippen molar-refractivity contribution < 1.29 is 18.3 Å². The number of benzene rings is 1. The molecule has 0 spiro atoms. The van der Waals surface area contributed by atoms with Gasteiger partial charge in [0.15, 0.2) is 11.6 Å². The number of hydrogen-bond donors (Lipinski definition) is 0. The van der Waals surface area contributed by atoms with Crippen LogP contribution in [0.4, 0.5) is 8.78 Å². The van der Waals surface area contributed by atoms with Crippen molar-refractivity contribution in [3.05, 3.63) is 58.2 Å². The van der Waals surface area contributed by atoms with Crippen LogP contribution in [-0.2, 0) is 0 Å². The molecule has 2 heterocycles. The van der Waals surface area contributed by atoms with Crippen LogP contribution in [0.25, 0.3) is 0 Å². The van der Waals surface area contributed by atoms with Gasteiger partial charge in [0.2, 0.25) is 5.88 Å². The van der Waals surface area contributed by atoms with Crippen molar-refractivity contribution in [1.29, 1.82) is 0 Å². The van der Waals surface area contributed by atoms with Crippen molar-refractivity contribution in [3.63, 3.8) is 0 Å². The van der Waals surface area contributed by atoms with Crippen molar-refractivity contribution in [2.24, 2.45) is 0 Å². The van der Waals surface area contributed by atoms with Crippen LogP contribution in [0.2, 0.25) is 0 Å². The lowest BCUT2D eigenvalue weighted by atomic mass is 10.2. The average molecular weight is 383 g/mol. The monoisotopic (exact) mass is 382 g/mol. The molecule has 1 atom stereocenters. The zero-order valence-corrected chi connectivity index (χ0v) is 13.6. The molecule has 1 aliphatic heterocycles. The lowest BCUT2D eigenvalue weighted by molar-refractivity contribution is 0.0770. The maximum Gasteiger partial charge on any atom is 0.254 e. The molecule has 1 aromatic carbocycles. The molecule has 1 unspecified atom stereocenters. The summed E-state index contributed by atoms with van der Waals surface area (Å²) in [5.74, 6) is -1.86. The fourth-order valence-corrected chi connectivity index (χ4v) is 2.78. The summed E-state index contributed by atoms with van der Waals surface area (Å²) >= 11 is 3.35. The Morgan fingerprint density at radius 2 is 2.13 bits per heavy atom. The Morgan fingerprint density at radius 1 is 1.30 bits per heavy atom. The van der Waals surface area contributed by atoms with Gasteiger partial charge in [-0.15, -0.1) is 0 Å². The molecule has 1 amide bonds. The van der Waals surface area contributed by atoms with E-state index >= 15 is 0 Å². The Balaban J connectivity index is 1.66. The Morgan fingerprint density at radius 3 is 2.87 bits per heavy atom. The van der Waals surface area contributed by atoms with Crippen molar-refractivity contribution in [3.8, 4) is 5.88 Å². The van der Waals surface area contributed by atoms with E-state index in [0.29, 0.717) is 25.4 Å². The van der Waals surface area contributed by atoms with Gasteiger partial charge in [-0.2, -0.15) is 0 Å². The molecule has 0 radical (unpaired) electrons. The number of aromatic nitrogens is 1. The highest BCUT2D eigenvalue weighted by atomic mass is 79.9. The molecule has 0 saturated carbocycles. The second-order valence-corrected chi connectivity index (χ2v) is 6.05. The zero-order valence-electron chi connectivity index (χ0n) is 12.0. The van der Waals surface area contributed by atoms with Gasteiger partial charge in [-0.3, -0.25) is 4.79 Å². The van der Waals surface area contributed by atoms with Crippen LogP contribution in [0.1, 0.15) is 16.8 Å². The molecular weight excluding hydrogens is 370 g/mol. The first-order valence-electron chi connectivity index (χ1n) is 7.06. The number of amides is 1. The number of carbonyl (C=O) groups is 1. The molecule has 7 heteroatoms. The van der Waals surface area contributed by atoms with Crippen LogP contribution < -0.4 is 4.74 Å². The van der Waals surface area contributed by atoms with E-state index in [2.05, 4.69) is 20.9 Å². The first kappa shape index (κ1) is 15.9. The standard InChI is InChI=1S/C16H13BrF2N2O2/c17-12-2-1-6-20-15(12)23-11-5-7-21(9-11)16(22)10-3-4-13(18)14(19)8-10/h1-4,6,8,11H,5,7,9H2. The van der Waals surface area contributed by atoms with E-state index in [1.54, 1.807) is 17.2 Å². The average Bonchev–Trinajstić information content (AvgIpc) is 3.00. The van der Waals surface area contributed by atoms with Crippen LogP contribution in [0.3, 0.4) is 0 Å². The molecule has 1 aliphatic rings. The molecule has 120 valence electrons. The zero-order chi connectivity index (χ0) is 16.4. The van der Waals surface area contributed by atoms with Crippen LogP contribution in [-0.4, -0.2) is 35.0 Å². The quantitative estimate of drug-likeness (QED) is 0.816. The van der Waals surface area contributed by atoms with Gasteiger partial charge in [0.05, 0.1) is 11.0 Å². The second-order valence-electron chi connectivity index (χ2n) is 5.20. The lowest BCUT2D eigenvalue weighted by Crippen LogP contribution is -2.31. The summed E-state index contributed by atoms with van der Waals surface area (Å²) in [6.45, 7) is 0.869. The minimum Gasteiger partial charge on any atom is -0.472 e. The molecule has 0 bridgehead atoms. The van der Waals surface area contributed by atoms with E-state index in [4.69, 9.17) is 4.74 Å². The van der Waals surface area contributed by atoms with E-state index < -0.39 is 11.6 Å². The number of carbonyl (C=O) groups excluding carboxylic acids is 1.